The Morgan fingerprint density at radius 1 is 1.18 bits per heavy atom. The average molecular weight is 147 g/mol. The molecule has 2 heteroatoms. The van der Waals surface area contributed by atoms with E-state index in [0.717, 1.165) is 10.4 Å². The highest BCUT2D eigenvalue weighted by atomic mass is 16.2. The van der Waals surface area contributed by atoms with Gasteiger partial charge in [-0.25, -0.2) is 0 Å². The van der Waals surface area contributed by atoms with Crippen LogP contribution >= 0.6 is 0 Å². The van der Waals surface area contributed by atoms with Gasteiger partial charge in [0.05, 0.1) is 6.20 Å². The molecule has 0 N–H and O–H groups in total. The third-order valence-electron chi connectivity index (χ3n) is 1.47. The van der Waals surface area contributed by atoms with Crippen molar-refractivity contribution in [3.05, 3.63) is 39.6 Å². The maximum atomic E-state index is 9.82. The highest BCUT2D eigenvalue weighted by molar-refractivity contribution is 5.26. The minimum Gasteiger partial charge on any atom is -0.145 e. The summed E-state index contributed by atoms with van der Waals surface area (Å²) in [7, 11) is 0. The van der Waals surface area contributed by atoms with E-state index in [2.05, 4.69) is 5.18 Å². The standard InChI is InChI=1S/C9H9NO/c1-2-8-3-5-9(6-4-8)7-10-11/h2-7H,1H3. The molecular formula is C9H9NO. The van der Waals surface area contributed by atoms with Gasteiger partial charge in [-0.3, -0.25) is 0 Å². The molecule has 0 atom stereocenters. The molecule has 0 unspecified atom stereocenters. The van der Waals surface area contributed by atoms with Crippen molar-refractivity contribution in [1.82, 2.24) is 0 Å². The van der Waals surface area contributed by atoms with Crippen molar-refractivity contribution >= 4 is 12.3 Å². The molecule has 0 heterocycles. The van der Waals surface area contributed by atoms with Crippen LogP contribution in [0, 0.1) is 4.91 Å². The van der Waals surface area contributed by atoms with Gasteiger partial charge in [0.15, 0.2) is 0 Å². The van der Waals surface area contributed by atoms with Gasteiger partial charge in [-0.05, 0) is 22.5 Å². The third kappa shape index (κ3) is 2.00. The molecule has 0 saturated carbocycles. The smallest absolute Gasteiger partial charge is 0.0787 e. The van der Waals surface area contributed by atoms with E-state index in [1.807, 2.05) is 37.3 Å². The van der Waals surface area contributed by atoms with Crippen LogP contribution in [-0.2, 0) is 0 Å². The predicted molar refractivity (Wildman–Crippen MR) is 46.1 cm³/mol. The van der Waals surface area contributed by atoms with Gasteiger partial charge in [-0.15, -0.1) is 4.91 Å². The monoisotopic (exact) mass is 147 g/mol. The van der Waals surface area contributed by atoms with Gasteiger partial charge >= 0.3 is 0 Å². The van der Waals surface area contributed by atoms with Crippen LogP contribution < -0.4 is 10.4 Å². The normalized spacial score (nSPS) is 8.82. The molecule has 0 aliphatic heterocycles. The summed E-state index contributed by atoms with van der Waals surface area (Å²) in [6, 6.07) is 7.60. The van der Waals surface area contributed by atoms with Gasteiger partial charge < -0.3 is 0 Å². The van der Waals surface area contributed by atoms with Gasteiger partial charge in [-0.2, -0.15) is 0 Å². The number of rotatable bonds is 1. The Kier molecular flexibility index (Phi) is 2.55. The molecule has 0 radical (unpaired) electrons. The number of hydrogen-bond acceptors (Lipinski definition) is 2. The van der Waals surface area contributed by atoms with E-state index in [1.165, 1.54) is 6.20 Å². The molecule has 1 rings (SSSR count). The fourth-order valence-corrected chi connectivity index (χ4v) is 0.835. The van der Waals surface area contributed by atoms with E-state index < -0.39 is 0 Å². The lowest BCUT2D eigenvalue weighted by Gasteiger charge is -1.82. The van der Waals surface area contributed by atoms with Crippen LogP contribution in [0.3, 0.4) is 0 Å². The van der Waals surface area contributed by atoms with Crippen LogP contribution in [0.15, 0.2) is 29.4 Å². The topological polar surface area (TPSA) is 29.4 Å². The van der Waals surface area contributed by atoms with Crippen LogP contribution in [0.25, 0.3) is 12.3 Å². The summed E-state index contributed by atoms with van der Waals surface area (Å²) in [4.78, 5) is 9.82. The van der Waals surface area contributed by atoms with Crippen LogP contribution in [-0.4, -0.2) is 0 Å². The summed E-state index contributed by atoms with van der Waals surface area (Å²) >= 11 is 0. The van der Waals surface area contributed by atoms with E-state index >= 15 is 0 Å². The molecule has 0 aliphatic carbocycles. The minimum atomic E-state index is 0.839. The number of benzene rings is 1. The van der Waals surface area contributed by atoms with Gasteiger partial charge in [0.25, 0.3) is 0 Å². The molecule has 0 bridgehead atoms. The van der Waals surface area contributed by atoms with Gasteiger partial charge in [0.2, 0.25) is 0 Å². The van der Waals surface area contributed by atoms with E-state index in [-0.39, 0.29) is 0 Å². The third-order valence-corrected chi connectivity index (χ3v) is 1.47. The van der Waals surface area contributed by atoms with Crippen LogP contribution in [0.5, 0.6) is 0 Å². The summed E-state index contributed by atoms with van der Waals surface area (Å²) in [5.41, 5.74) is 0. The number of nitrogens with zero attached hydrogens (tertiary/aromatic N) is 1. The van der Waals surface area contributed by atoms with Crippen LogP contribution in [0.4, 0.5) is 0 Å². The molecule has 0 aliphatic rings. The first-order valence-corrected chi connectivity index (χ1v) is 3.42. The van der Waals surface area contributed by atoms with E-state index in [9.17, 15) is 4.91 Å². The minimum absolute atomic E-state index is 0.839. The Hall–Kier alpha value is -1.44. The number of hydrogen-bond donors (Lipinski definition) is 0. The highest BCUT2D eigenvalue weighted by Crippen LogP contribution is 1.72. The number of nitroso groups, excluding NO2 is 1. The Bertz CT molecular complexity index is 331. The van der Waals surface area contributed by atoms with E-state index in [1.54, 1.807) is 0 Å². The van der Waals surface area contributed by atoms with Crippen LogP contribution in [0.2, 0.25) is 0 Å². The Morgan fingerprint density at radius 3 is 2.18 bits per heavy atom. The molecule has 2 nitrogen and oxygen atoms in total. The van der Waals surface area contributed by atoms with Gasteiger partial charge in [0, 0.05) is 0 Å². The van der Waals surface area contributed by atoms with E-state index in [4.69, 9.17) is 0 Å². The lowest BCUT2D eigenvalue weighted by atomic mass is 10.2. The Balaban J connectivity index is 3.21. The second-order valence-corrected chi connectivity index (χ2v) is 2.19. The molecule has 0 spiro atoms. The molecule has 1 aromatic rings. The molecule has 1 aromatic carbocycles. The summed E-state index contributed by atoms with van der Waals surface area (Å²) in [6.45, 7) is 1.97. The molecule has 0 aromatic heterocycles. The lowest BCUT2D eigenvalue weighted by Crippen LogP contribution is -2.05. The van der Waals surface area contributed by atoms with Gasteiger partial charge in [-0.1, -0.05) is 30.3 Å². The fraction of sp³-hybridized carbons (Fsp3) is 0.111. The van der Waals surface area contributed by atoms with Crippen molar-refractivity contribution in [1.29, 1.82) is 0 Å². The first kappa shape index (κ1) is 7.66. The zero-order valence-corrected chi connectivity index (χ0v) is 6.32. The quantitative estimate of drug-likeness (QED) is 0.545. The Morgan fingerprint density at radius 2 is 1.73 bits per heavy atom. The van der Waals surface area contributed by atoms with Crippen molar-refractivity contribution < 1.29 is 0 Å². The SMILES string of the molecule is CC=c1ccc(=CN=O)cc1. The summed E-state index contributed by atoms with van der Waals surface area (Å²) in [6.07, 6.45) is 3.29. The van der Waals surface area contributed by atoms with Crippen molar-refractivity contribution in [3.8, 4) is 0 Å². The largest absolute Gasteiger partial charge is 0.145 e. The van der Waals surface area contributed by atoms with Crippen molar-refractivity contribution in [2.24, 2.45) is 5.18 Å². The average Bonchev–Trinajstić information content (AvgIpc) is 2.07. The first-order valence-electron chi connectivity index (χ1n) is 3.42. The maximum Gasteiger partial charge on any atom is 0.0787 e. The predicted octanol–water partition coefficient (Wildman–Crippen LogP) is 0.991. The van der Waals surface area contributed by atoms with Crippen molar-refractivity contribution in [2.75, 3.05) is 0 Å². The summed E-state index contributed by atoms with van der Waals surface area (Å²) in [5, 5.41) is 4.66. The molecule has 0 amide bonds. The van der Waals surface area contributed by atoms with Crippen molar-refractivity contribution in [2.45, 2.75) is 6.92 Å². The molecule has 0 fully saturated rings. The first-order chi connectivity index (χ1) is 5.36. The second-order valence-electron chi connectivity index (χ2n) is 2.19. The summed E-state index contributed by atoms with van der Waals surface area (Å²) < 4.78 is 0. The van der Waals surface area contributed by atoms with Crippen LogP contribution in [0.1, 0.15) is 6.92 Å². The zero-order chi connectivity index (χ0) is 8.10. The fourth-order valence-electron chi connectivity index (χ4n) is 0.835. The van der Waals surface area contributed by atoms with E-state index in [0.29, 0.717) is 0 Å². The van der Waals surface area contributed by atoms with Gasteiger partial charge in [0.1, 0.15) is 0 Å². The second kappa shape index (κ2) is 3.66. The molecular weight excluding hydrogens is 138 g/mol. The highest BCUT2D eigenvalue weighted by Gasteiger charge is 1.77. The Labute approximate surface area is 64.8 Å². The zero-order valence-electron chi connectivity index (χ0n) is 6.32. The molecule has 11 heavy (non-hydrogen) atoms. The summed E-state index contributed by atoms with van der Waals surface area (Å²) in [5.74, 6) is 0. The maximum absolute atomic E-state index is 9.82. The lowest BCUT2D eigenvalue weighted by molar-refractivity contribution is 1.50. The van der Waals surface area contributed by atoms with Crippen molar-refractivity contribution in [3.63, 3.8) is 0 Å². The molecule has 56 valence electrons. The molecule has 0 saturated heterocycles.